The molecular formula is C36H37NO17. The van der Waals surface area contributed by atoms with E-state index >= 15 is 0 Å². The number of rotatable bonds is 8. The Balaban J connectivity index is 1.14. The minimum absolute atomic E-state index is 0.00575. The van der Waals surface area contributed by atoms with Crippen molar-refractivity contribution in [1.29, 1.82) is 0 Å². The first-order valence-corrected chi connectivity index (χ1v) is 17.1. The van der Waals surface area contributed by atoms with E-state index in [1.54, 1.807) is 31.2 Å². The van der Waals surface area contributed by atoms with Gasteiger partial charge in [0.05, 0.1) is 38.5 Å². The van der Waals surface area contributed by atoms with Crippen LogP contribution in [0, 0.1) is 22.0 Å². The summed E-state index contributed by atoms with van der Waals surface area (Å²) in [5.41, 5.74) is 1.69. The van der Waals surface area contributed by atoms with Crippen molar-refractivity contribution in [2.45, 2.75) is 62.2 Å². The molecule has 3 N–H and O–H groups in total. The standard InChI is InChI=1S/C36H37NO17/c1-15-46-13-26-33(50-15)29(38)30(39)35(52-26)53-31-20-11-23-22(48-14-49-23)10-19(20)27(28-21(31)12-47-34(28)40)16-8-24(44-2)32(25(9-16)45-3)54-36(41)51-18-6-4-17(5-7-18)37(42)43/h4-11,15,21,26-31,33-35,38-40H,12-14H2,1-3H3/t15?,21-,26?,27+,28-,29?,30?,31+,33?,34?,35?/m0/s1. The van der Waals surface area contributed by atoms with E-state index in [0.29, 0.717) is 28.2 Å². The molecule has 54 heavy (non-hydrogen) atoms. The van der Waals surface area contributed by atoms with Crippen LogP contribution in [0.15, 0.2) is 48.5 Å². The second kappa shape index (κ2) is 14.5. The van der Waals surface area contributed by atoms with Crippen LogP contribution in [0.2, 0.25) is 0 Å². The molecule has 3 aromatic rings. The highest BCUT2D eigenvalue weighted by atomic mass is 16.8. The van der Waals surface area contributed by atoms with Gasteiger partial charge >= 0.3 is 6.16 Å². The number of nitro groups is 1. The Hall–Kier alpha value is -4.79. The average molecular weight is 756 g/mol. The lowest BCUT2D eigenvalue weighted by Crippen LogP contribution is -2.63. The Bertz CT molecular complexity index is 1880. The van der Waals surface area contributed by atoms with E-state index in [1.807, 2.05) is 0 Å². The molecule has 4 heterocycles. The second-order valence-electron chi connectivity index (χ2n) is 13.3. The number of carbonyl (C=O) groups is 1. The zero-order chi connectivity index (χ0) is 37.8. The van der Waals surface area contributed by atoms with Gasteiger partial charge in [0.2, 0.25) is 12.5 Å². The number of non-ortho nitro benzene ring substituents is 1. The fourth-order valence-corrected chi connectivity index (χ4v) is 7.82. The van der Waals surface area contributed by atoms with Crippen LogP contribution in [0.4, 0.5) is 10.5 Å². The molecule has 4 aliphatic heterocycles. The number of carbonyl (C=O) groups excluding carboxylic acids is 1. The molecule has 3 fully saturated rings. The molecule has 0 amide bonds. The monoisotopic (exact) mass is 755 g/mol. The number of hydrogen-bond donors (Lipinski definition) is 3. The van der Waals surface area contributed by atoms with E-state index in [1.165, 1.54) is 38.5 Å². The zero-order valence-corrected chi connectivity index (χ0v) is 29.1. The van der Waals surface area contributed by atoms with Crippen LogP contribution in [0.3, 0.4) is 0 Å². The van der Waals surface area contributed by atoms with Crippen molar-refractivity contribution in [3.8, 4) is 34.5 Å². The number of aliphatic hydroxyl groups excluding tert-OH is 3. The molecule has 3 saturated heterocycles. The van der Waals surface area contributed by atoms with Crippen LogP contribution in [0.5, 0.6) is 34.5 Å². The van der Waals surface area contributed by atoms with Gasteiger partial charge in [-0.05, 0) is 60.0 Å². The van der Waals surface area contributed by atoms with Gasteiger partial charge in [0.25, 0.3) is 5.69 Å². The quantitative estimate of drug-likeness (QED) is 0.130. The highest BCUT2D eigenvalue weighted by Gasteiger charge is 2.55. The molecule has 0 radical (unpaired) electrons. The molecule has 0 saturated carbocycles. The van der Waals surface area contributed by atoms with Crippen LogP contribution in [-0.2, 0) is 23.7 Å². The van der Waals surface area contributed by atoms with Crippen LogP contribution in [0.25, 0.3) is 0 Å². The summed E-state index contributed by atoms with van der Waals surface area (Å²) in [4.78, 5) is 23.3. The predicted molar refractivity (Wildman–Crippen MR) is 177 cm³/mol. The van der Waals surface area contributed by atoms with E-state index in [0.717, 1.165) is 0 Å². The van der Waals surface area contributed by atoms with Gasteiger partial charge in [-0.15, -0.1) is 0 Å². The summed E-state index contributed by atoms with van der Waals surface area (Å²) in [5, 5.41) is 44.6. The van der Waals surface area contributed by atoms with Gasteiger partial charge in [0, 0.05) is 29.9 Å². The Morgan fingerprint density at radius 2 is 1.56 bits per heavy atom. The topological polar surface area (TPSA) is 222 Å². The fraction of sp³-hybridized carbons (Fsp3) is 0.472. The first kappa shape index (κ1) is 36.2. The van der Waals surface area contributed by atoms with E-state index < -0.39 is 78.2 Å². The highest BCUT2D eigenvalue weighted by molar-refractivity contribution is 5.71. The highest BCUT2D eigenvalue weighted by Crippen LogP contribution is 2.58. The van der Waals surface area contributed by atoms with E-state index in [-0.39, 0.29) is 48.7 Å². The maximum Gasteiger partial charge on any atom is 0.519 e. The molecule has 7 unspecified atom stereocenters. The zero-order valence-electron chi connectivity index (χ0n) is 29.1. The molecule has 288 valence electrons. The Labute approximate surface area is 307 Å². The number of fused-ring (bicyclic) bond motifs is 4. The van der Waals surface area contributed by atoms with Crippen molar-refractivity contribution in [1.82, 2.24) is 0 Å². The van der Waals surface area contributed by atoms with Crippen molar-refractivity contribution in [3.05, 3.63) is 75.3 Å². The normalized spacial score (nSPS) is 32.1. The number of aliphatic hydroxyl groups is 3. The third-order valence-corrected chi connectivity index (χ3v) is 10.3. The number of methoxy groups -OCH3 is 2. The van der Waals surface area contributed by atoms with Gasteiger partial charge in [0.1, 0.15) is 30.2 Å². The van der Waals surface area contributed by atoms with Crippen molar-refractivity contribution in [2.24, 2.45) is 11.8 Å². The van der Waals surface area contributed by atoms with Gasteiger partial charge in [-0.25, -0.2) is 4.79 Å². The molecule has 8 rings (SSSR count). The number of hydrogen-bond acceptors (Lipinski definition) is 17. The molecule has 18 heteroatoms. The Kier molecular flexibility index (Phi) is 9.69. The minimum Gasteiger partial charge on any atom is -0.493 e. The van der Waals surface area contributed by atoms with Crippen molar-refractivity contribution in [3.63, 3.8) is 0 Å². The van der Waals surface area contributed by atoms with Gasteiger partial charge < -0.3 is 67.4 Å². The largest absolute Gasteiger partial charge is 0.519 e. The Morgan fingerprint density at radius 1 is 0.870 bits per heavy atom. The molecule has 0 aromatic heterocycles. The molecule has 18 nitrogen and oxygen atoms in total. The minimum atomic E-state index is -1.48. The number of benzene rings is 3. The Morgan fingerprint density at radius 3 is 2.22 bits per heavy atom. The SMILES string of the molecule is COc1cc([C@@H]2c3cc4c(cc3[C@@H](OC3OC5COC(C)OC5C(O)C3O)[C@H]3COC(O)[C@H]23)OCO4)cc(OC)c1OC(=O)Oc1ccc([N+](=O)[O-])cc1. The van der Waals surface area contributed by atoms with Crippen molar-refractivity contribution in [2.75, 3.05) is 34.2 Å². The summed E-state index contributed by atoms with van der Waals surface area (Å²) in [6.07, 6.45) is -9.52. The summed E-state index contributed by atoms with van der Waals surface area (Å²) in [5.74, 6) is -0.811. The van der Waals surface area contributed by atoms with Gasteiger partial charge in [-0.1, -0.05) is 0 Å². The van der Waals surface area contributed by atoms with E-state index in [2.05, 4.69) is 0 Å². The van der Waals surface area contributed by atoms with Gasteiger partial charge in [-0.2, -0.15) is 0 Å². The summed E-state index contributed by atoms with van der Waals surface area (Å²) in [7, 11) is 2.75. The molecule has 3 aromatic carbocycles. The lowest BCUT2D eigenvalue weighted by atomic mass is 9.65. The number of ether oxygens (including phenoxy) is 11. The van der Waals surface area contributed by atoms with Crippen LogP contribution in [-0.4, -0.2) is 104 Å². The molecule has 0 spiro atoms. The van der Waals surface area contributed by atoms with Gasteiger partial charge in [0.15, 0.2) is 41.9 Å². The molecule has 0 bridgehead atoms. The molecule has 5 aliphatic rings. The van der Waals surface area contributed by atoms with Crippen molar-refractivity contribution < 1.29 is 77.1 Å². The van der Waals surface area contributed by atoms with Crippen LogP contribution >= 0.6 is 0 Å². The smallest absolute Gasteiger partial charge is 0.493 e. The summed E-state index contributed by atoms with van der Waals surface area (Å²) in [6, 6.07) is 11.7. The lowest BCUT2D eigenvalue weighted by Gasteiger charge is -2.48. The number of nitrogens with zero attached hydrogens (tertiary/aromatic N) is 1. The maximum absolute atomic E-state index is 12.9. The van der Waals surface area contributed by atoms with Crippen LogP contribution in [0.1, 0.15) is 35.6 Å². The maximum atomic E-state index is 12.9. The first-order valence-electron chi connectivity index (χ1n) is 17.1. The third kappa shape index (κ3) is 6.43. The number of nitro benzene ring substituents is 1. The predicted octanol–water partition coefficient (Wildman–Crippen LogP) is 2.91. The molecular weight excluding hydrogens is 718 g/mol. The third-order valence-electron chi connectivity index (χ3n) is 10.3. The van der Waals surface area contributed by atoms with E-state index in [9.17, 15) is 30.2 Å². The summed E-state index contributed by atoms with van der Waals surface area (Å²) < 4.78 is 63.4. The average Bonchev–Trinajstić information content (AvgIpc) is 3.79. The molecule has 11 atom stereocenters. The van der Waals surface area contributed by atoms with Crippen molar-refractivity contribution >= 4 is 11.8 Å². The first-order chi connectivity index (χ1) is 26.0. The summed E-state index contributed by atoms with van der Waals surface area (Å²) >= 11 is 0. The van der Waals surface area contributed by atoms with E-state index in [4.69, 9.17) is 52.1 Å². The van der Waals surface area contributed by atoms with Gasteiger partial charge in [-0.3, -0.25) is 10.1 Å². The fourth-order valence-electron chi connectivity index (χ4n) is 7.82. The lowest BCUT2D eigenvalue weighted by molar-refractivity contribution is -0.384. The van der Waals surface area contributed by atoms with Crippen LogP contribution < -0.4 is 28.4 Å². The molecule has 1 aliphatic carbocycles. The second-order valence-corrected chi connectivity index (χ2v) is 13.3. The summed E-state index contributed by atoms with van der Waals surface area (Å²) in [6.45, 7) is 1.84.